The molecule has 7 heteroatoms. The van der Waals surface area contributed by atoms with E-state index in [0.717, 1.165) is 5.56 Å². The normalized spacial score (nSPS) is 17.8. The smallest absolute Gasteiger partial charge is 0.254 e. The van der Waals surface area contributed by atoms with Gasteiger partial charge >= 0.3 is 0 Å². The Balaban J connectivity index is 1.85. The van der Waals surface area contributed by atoms with Crippen molar-refractivity contribution in [3.8, 4) is 5.75 Å². The second-order valence-corrected chi connectivity index (χ2v) is 9.41. The van der Waals surface area contributed by atoms with Gasteiger partial charge in [0.05, 0.1) is 11.5 Å². The number of hydrogen-bond donors (Lipinski definition) is 0. The van der Waals surface area contributed by atoms with Crippen molar-refractivity contribution in [3.05, 3.63) is 77.3 Å². The first kappa shape index (κ1) is 20.4. The zero-order valence-corrected chi connectivity index (χ0v) is 17.0. The summed E-state index contributed by atoms with van der Waals surface area (Å²) in [6.45, 7) is 4.29. The van der Waals surface area contributed by atoms with Gasteiger partial charge in [-0.2, -0.15) is 0 Å². The van der Waals surface area contributed by atoms with E-state index in [1.54, 1.807) is 47.4 Å². The van der Waals surface area contributed by atoms with Gasteiger partial charge in [-0.1, -0.05) is 36.4 Å². The molecule has 0 unspecified atom stereocenters. The predicted molar refractivity (Wildman–Crippen MR) is 111 cm³/mol. The number of sulfone groups is 1. The number of nitrogens with zero attached hydrogens (tertiary/aromatic N) is 1. The summed E-state index contributed by atoms with van der Waals surface area (Å²) < 4.78 is 29.4. The van der Waals surface area contributed by atoms with Crippen LogP contribution >= 0.6 is 11.6 Å². The van der Waals surface area contributed by atoms with Gasteiger partial charge in [-0.3, -0.25) is 4.79 Å². The lowest BCUT2D eigenvalue weighted by Gasteiger charge is -2.28. The third-order valence-corrected chi connectivity index (χ3v) is 6.61. The second-order valence-electron chi connectivity index (χ2n) is 6.74. The quantitative estimate of drug-likeness (QED) is 0.641. The maximum absolute atomic E-state index is 13.2. The summed E-state index contributed by atoms with van der Waals surface area (Å²) in [5.74, 6) is 0.518. The number of rotatable bonds is 7. The lowest BCUT2D eigenvalue weighted by molar-refractivity contribution is 0.0681. The molecule has 1 amide bonds. The van der Waals surface area contributed by atoms with Crippen LogP contribution in [-0.2, 0) is 16.4 Å². The van der Waals surface area contributed by atoms with Crippen LogP contribution in [0, 0.1) is 0 Å². The van der Waals surface area contributed by atoms with Gasteiger partial charge in [0.15, 0.2) is 9.84 Å². The molecule has 0 bridgehead atoms. The first-order valence-electron chi connectivity index (χ1n) is 8.97. The van der Waals surface area contributed by atoms with E-state index in [9.17, 15) is 13.2 Å². The van der Waals surface area contributed by atoms with E-state index < -0.39 is 9.84 Å². The summed E-state index contributed by atoms with van der Waals surface area (Å²) in [6.07, 6.45) is 2.08. The number of halogens is 1. The van der Waals surface area contributed by atoms with Crippen molar-refractivity contribution in [1.82, 2.24) is 4.90 Å². The van der Waals surface area contributed by atoms with Crippen LogP contribution in [0.15, 0.2) is 61.2 Å². The Bertz CT molecular complexity index is 957. The maximum atomic E-state index is 13.2. The van der Waals surface area contributed by atoms with Gasteiger partial charge < -0.3 is 9.64 Å². The summed E-state index contributed by atoms with van der Waals surface area (Å²) >= 11 is 6.07. The zero-order chi connectivity index (χ0) is 20.1. The average molecular weight is 420 g/mol. The fourth-order valence-electron chi connectivity index (χ4n) is 3.23. The van der Waals surface area contributed by atoms with Gasteiger partial charge in [0, 0.05) is 23.2 Å². The summed E-state index contributed by atoms with van der Waals surface area (Å²) in [4.78, 5) is 14.8. The van der Waals surface area contributed by atoms with Gasteiger partial charge in [0.1, 0.15) is 12.4 Å². The van der Waals surface area contributed by atoms with Crippen molar-refractivity contribution >= 4 is 27.3 Å². The maximum Gasteiger partial charge on any atom is 0.254 e. The van der Waals surface area contributed by atoms with Gasteiger partial charge in [0.25, 0.3) is 5.91 Å². The van der Waals surface area contributed by atoms with E-state index in [4.69, 9.17) is 16.3 Å². The molecule has 1 heterocycles. The van der Waals surface area contributed by atoms with Crippen LogP contribution in [0.4, 0.5) is 0 Å². The Labute approximate surface area is 170 Å². The molecule has 3 rings (SSSR count). The van der Waals surface area contributed by atoms with Crippen LogP contribution in [0.2, 0.25) is 5.02 Å². The van der Waals surface area contributed by atoms with Gasteiger partial charge in [-0.25, -0.2) is 8.42 Å². The molecule has 2 aromatic carbocycles. The highest BCUT2D eigenvalue weighted by atomic mass is 35.5. The molecule has 0 N–H and O–H groups in total. The topological polar surface area (TPSA) is 63.7 Å². The lowest BCUT2D eigenvalue weighted by atomic mass is 10.1. The lowest BCUT2D eigenvalue weighted by Crippen LogP contribution is -2.40. The van der Waals surface area contributed by atoms with E-state index in [1.165, 1.54) is 0 Å². The highest BCUT2D eigenvalue weighted by Gasteiger charge is 2.35. The summed E-state index contributed by atoms with van der Waals surface area (Å²) in [5.41, 5.74) is 1.34. The van der Waals surface area contributed by atoms with Crippen LogP contribution in [0.5, 0.6) is 5.75 Å². The molecule has 0 aromatic heterocycles. The number of benzene rings is 2. The van der Waals surface area contributed by atoms with E-state index in [-0.39, 0.29) is 23.5 Å². The van der Waals surface area contributed by atoms with Crippen LogP contribution in [-0.4, -0.2) is 43.4 Å². The Hall–Kier alpha value is -2.31. The monoisotopic (exact) mass is 419 g/mol. The molecule has 28 heavy (non-hydrogen) atoms. The van der Waals surface area contributed by atoms with Gasteiger partial charge in [-0.15, -0.1) is 0 Å². The fourth-order valence-corrected chi connectivity index (χ4v) is 5.18. The van der Waals surface area contributed by atoms with Crippen molar-refractivity contribution in [2.24, 2.45) is 0 Å². The number of hydrogen-bond acceptors (Lipinski definition) is 4. The Morgan fingerprint density at radius 1 is 1.25 bits per heavy atom. The van der Waals surface area contributed by atoms with Crippen molar-refractivity contribution < 1.29 is 17.9 Å². The highest BCUT2D eigenvalue weighted by Crippen LogP contribution is 2.24. The largest absolute Gasteiger partial charge is 0.490 e. The van der Waals surface area contributed by atoms with Gasteiger partial charge in [0.2, 0.25) is 0 Å². The number of carbonyl (C=O) groups excluding carboxylic acids is 1. The summed E-state index contributed by atoms with van der Waals surface area (Å²) in [5, 5.41) is 0.577. The van der Waals surface area contributed by atoms with E-state index in [2.05, 4.69) is 6.58 Å². The molecule has 0 saturated carbocycles. The Morgan fingerprint density at radius 3 is 2.61 bits per heavy atom. The van der Waals surface area contributed by atoms with E-state index in [1.807, 2.05) is 12.1 Å². The van der Waals surface area contributed by atoms with Crippen LogP contribution < -0.4 is 4.74 Å². The molecular formula is C21H22ClNO4S. The van der Waals surface area contributed by atoms with Crippen molar-refractivity contribution in [3.63, 3.8) is 0 Å². The highest BCUT2D eigenvalue weighted by molar-refractivity contribution is 7.91. The van der Waals surface area contributed by atoms with Crippen molar-refractivity contribution in [2.45, 2.75) is 19.0 Å². The third kappa shape index (κ3) is 5.14. The molecule has 148 valence electrons. The average Bonchev–Trinajstić information content (AvgIpc) is 3.04. The number of carbonyl (C=O) groups is 1. The minimum atomic E-state index is -3.12. The minimum absolute atomic E-state index is 0.0141. The Morgan fingerprint density at radius 2 is 2.00 bits per heavy atom. The molecule has 1 fully saturated rings. The molecule has 1 saturated heterocycles. The fraction of sp³-hybridized carbons (Fsp3) is 0.286. The molecule has 1 atom stereocenters. The van der Waals surface area contributed by atoms with Crippen LogP contribution in [0.25, 0.3) is 0 Å². The second kappa shape index (κ2) is 8.80. The predicted octanol–water partition coefficient (Wildman–Crippen LogP) is 3.73. The van der Waals surface area contributed by atoms with Crippen LogP contribution in [0.3, 0.4) is 0 Å². The van der Waals surface area contributed by atoms with E-state index in [0.29, 0.717) is 35.9 Å². The Kier molecular flexibility index (Phi) is 6.42. The molecule has 1 aliphatic heterocycles. The summed E-state index contributed by atoms with van der Waals surface area (Å²) in [6, 6.07) is 13.7. The van der Waals surface area contributed by atoms with Crippen molar-refractivity contribution in [1.29, 1.82) is 0 Å². The zero-order valence-electron chi connectivity index (χ0n) is 15.4. The van der Waals surface area contributed by atoms with Crippen molar-refractivity contribution in [2.75, 3.05) is 18.1 Å². The molecule has 0 aliphatic carbocycles. The first-order chi connectivity index (χ1) is 13.4. The standard InChI is InChI=1S/C21H22ClNO4S/c1-2-11-27-20-8-6-17(7-9-20)21(24)23(19-10-12-28(25,26)15-19)14-16-4-3-5-18(22)13-16/h2-9,13,19H,1,10-12,14-15H2/t19-/m1/s1. The number of amides is 1. The van der Waals surface area contributed by atoms with E-state index >= 15 is 0 Å². The minimum Gasteiger partial charge on any atom is -0.490 e. The molecule has 2 aromatic rings. The van der Waals surface area contributed by atoms with Gasteiger partial charge in [-0.05, 0) is 48.4 Å². The molecule has 0 radical (unpaired) electrons. The third-order valence-electron chi connectivity index (χ3n) is 4.62. The number of ether oxygens (including phenoxy) is 1. The molecule has 5 nitrogen and oxygen atoms in total. The summed E-state index contributed by atoms with van der Waals surface area (Å²) in [7, 11) is -3.12. The molecule has 1 aliphatic rings. The SMILES string of the molecule is C=CCOc1ccc(C(=O)N(Cc2cccc(Cl)c2)[C@@H]2CCS(=O)(=O)C2)cc1. The first-order valence-corrected chi connectivity index (χ1v) is 11.2. The molecule has 0 spiro atoms. The molecular weight excluding hydrogens is 398 g/mol. The van der Waals surface area contributed by atoms with Crippen LogP contribution in [0.1, 0.15) is 22.3 Å².